The number of aliphatic hydroxyl groups is 1. The van der Waals surface area contributed by atoms with Gasteiger partial charge in [-0.2, -0.15) is 0 Å². The van der Waals surface area contributed by atoms with E-state index in [0.29, 0.717) is 29.5 Å². The molecule has 4 nitrogen and oxygen atoms in total. The molecule has 1 fully saturated rings. The predicted octanol–water partition coefficient (Wildman–Crippen LogP) is 2.59. The molecule has 0 radical (unpaired) electrons. The second-order valence-corrected chi connectivity index (χ2v) is 7.98. The van der Waals surface area contributed by atoms with Crippen LogP contribution in [0.15, 0.2) is 23.1 Å². The summed E-state index contributed by atoms with van der Waals surface area (Å²) in [5.41, 5.74) is 1.32. The first kappa shape index (κ1) is 16.5. The van der Waals surface area contributed by atoms with Gasteiger partial charge in [0, 0.05) is 6.54 Å². The predicted molar refractivity (Wildman–Crippen MR) is 83.4 cm³/mol. The molecule has 0 saturated heterocycles. The molecule has 2 rings (SSSR count). The number of aryl methyl sites for hydroxylation is 1. The molecule has 0 spiro atoms. The lowest BCUT2D eigenvalue weighted by Crippen LogP contribution is -2.32. The van der Waals surface area contributed by atoms with Gasteiger partial charge in [-0.3, -0.25) is 0 Å². The molecule has 0 aromatic heterocycles. The van der Waals surface area contributed by atoms with Gasteiger partial charge in [0.15, 0.2) is 0 Å². The second kappa shape index (κ2) is 6.90. The summed E-state index contributed by atoms with van der Waals surface area (Å²) >= 11 is 0. The van der Waals surface area contributed by atoms with Gasteiger partial charge in [0.05, 0.1) is 11.5 Å². The number of rotatable bonds is 5. The van der Waals surface area contributed by atoms with Gasteiger partial charge in [0.1, 0.15) is 0 Å². The molecule has 1 saturated carbocycles. The van der Waals surface area contributed by atoms with Crippen molar-refractivity contribution in [3.63, 3.8) is 0 Å². The van der Waals surface area contributed by atoms with Crippen LogP contribution < -0.4 is 4.72 Å². The van der Waals surface area contributed by atoms with Crippen molar-refractivity contribution < 1.29 is 13.5 Å². The summed E-state index contributed by atoms with van der Waals surface area (Å²) in [6.07, 6.45) is 4.63. The van der Waals surface area contributed by atoms with Crippen LogP contribution in [0.5, 0.6) is 0 Å². The van der Waals surface area contributed by atoms with Crippen molar-refractivity contribution in [2.75, 3.05) is 6.54 Å². The van der Waals surface area contributed by atoms with Gasteiger partial charge < -0.3 is 5.11 Å². The first-order chi connectivity index (χ1) is 9.92. The Bertz CT molecular complexity index is 583. The fraction of sp³-hybridized carbons (Fsp3) is 0.625. The maximum atomic E-state index is 12.5. The monoisotopic (exact) mass is 311 g/mol. The van der Waals surface area contributed by atoms with Crippen molar-refractivity contribution in [3.8, 4) is 0 Å². The van der Waals surface area contributed by atoms with Crippen LogP contribution in [0.2, 0.25) is 0 Å². The number of aliphatic hydroxyl groups excluding tert-OH is 1. The lowest BCUT2D eigenvalue weighted by Gasteiger charge is -2.26. The Balaban J connectivity index is 2.08. The quantitative estimate of drug-likeness (QED) is 0.878. The van der Waals surface area contributed by atoms with E-state index in [9.17, 15) is 8.42 Å². The molecule has 0 aliphatic heterocycles. The largest absolute Gasteiger partial charge is 0.392 e. The number of sulfonamides is 1. The van der Waals surface area contributed by atoms with Crippen molar-refractivity contribution in [1.82, 2.24) is 4.72 Å². The first-order valence-electron chi connectivity index (χ1n) is 7.62. The molecule has 0 heterocycles. The average Bonchev–Trinajstić information content (AvgIpc) is 2.46. The van der Waals surface area contributed by atoms with Crippen LogP contribution >= 0.6 is 0 Å². The molecular weight excluding hydrogens is 286 g/mol. The Kier molecular flexibility index (Phi) is 5.41. The van der Waals surface area contributed by atoms with E-state index in [-0.39, 0.29) is 11.5 Å². The van der Waals surface area contributed by atoms with Gasteiger partial charge in [-0.05, 0) is 48.8 Å². The molecule has 1 aromatic carbocycles. The minimum Gasteiger partial charge on any atom is -0.392 e. The van der Waals surface area contributed by atoms with Crippen molar-refractivity contribution in [3.05, 3.63) is 29.3 Å². The highest BCUT2D eigenvalue weighted by atomic mass is 32.2. The summed E-state index contributed by atoms with van der Waals surface area (Å²) in [4.78, 5) is 0.276. The highest BCUT2D eigenvalue weighted by molar-refractivity contribution is 7.89. The third-order valence-corrected chi connectivity index (χ3v) is 5.90. The number of hydrogen-bond donors (Lipinski definition) is 2. The summed E-state index contributed by atoms with van der Waals surface area (Å²) < 4.78 is 27.7. The highest BCUT2D eigenvalue weighted by Gasteiger charge is 2.22. The summed E-state index contributed by atoms with van der Waals surface area (Å²) in [7, 11) is -3.50. The molecule has 5 heteroatoms. The van der Waals surface area contributed by atoms with E-state index in [1.54, 1.807) is 25.1 Å². The van der Waals surface area contributed by atoms with Crippen LogP contribution in [-0.4, -0.2) is 20.1 Å². The summed E-state index contributed by atoms with van der Waals surface area (Å²) in [6.45, 7) is 4.37. The zero-order valence-electron chi connectivity index (χ0n) is 12.8. The zero-order chi connectivity index (χ0) is 15.5. The van der Waals surface area contributed by atoms with Crippen molar-refractivity contribution in [2.45, 2.75) is 51.0 Å². The van der Waals surface area contributed by atoms with Crippen LogP contribution in [0.3, 0.4) is 0 Å². The molecule has 1 aromatic rings. The van der Waals surface area contributed by atoms with E-state index in [1.165, 1.54) is 12.8 Å². The Labute approximate surface area is 127 Å². The fourth-order valence-electron chi connectivity index (χ4n) is 3.08. The van der Waals surface area contributed by atoms with E-state index in [2.05, 4.69) is 11.6 Å². The van der Waals surface area contributed by atoms with E-state index in [0.717, 1.165) is 12.8 Å². The standard InChI is InChI=1S/C16H25NO3S/c1-12-4-3-5-14(8-12)10-17-21(19,20)16-9-15(11-18)7-6-13(16)2/h6-7,9,12,14,17-18H,3-5,8,10-11H2,1-2H3. The Morgan fingerprint density at radius 3 is 2.76 bits per heavy atom. The average molecular weight is 311 g/mol. The molecule has 118 valence electrons. The number of nitrogens with one attached hydrogen (secondary N) is 1. The Hall–Kier alpha value is -0.910. The molecular formula is C16H25NO3S. The van der Waals surface area contributed by atoms with Gasteiger partial charge >= 0.3 is 0 Å². The summed E-state index contributed by atoms with van der Waals surface area (Å²) in [5.74, 6) is 1.12. The van der Waals surface area contributed by atoms with Gasteiger partial charge in [0.25, 0.3) is 0 Å². The smallest absolute Gasteiger partial charge is 0.240 e. The molecule has 21 heavy (non-hydrogen) atoms. The van der Waals surface area contributed by atoms with Crippen molar-refractivity contribution >= 4 is 10.0 Å². The normalized spacial score (nSPS) is 23.2. The van der Waals surface area contributed by atoms with Gasteiger partial charge in [-0.1, -0.05) is 31.9 Å². The first-order valence-corrected chi connectivity index (χ1v) is 9.10. The molecule has 2 unspecified atom stereocenters. The molecule has 2 N–H and O–H groups in total. The van der Waals surface area contributed by atoms with Crippen LogP contribution in [0, 0.1) is 18.8 Å². The van der Waals surface area contributed by atoms with E-state index < -0.39 is 10.0 Å². The minimum atomic E-state index is -3.50. The van der Waals surface area contributed by atoms with E-state index in [1.807, 2.05) is 0 Å². The van der Waals surface area contributed by atoms with Crippen LogP contribution in [0.25, 0.3) is 0 Å². The fourth-order valence-corrected chi connectivity index (χ4v) is 4.49. The third-order valence-electron chi connectivity index (χ3n) is 4.33. The second-order valence-electron chi connectivity index (χ2n) is 6.25. The lowest BCUT2D eigenvalue weighted by molar-refractivity contribution is 0.281. The Morgan fingerprint density at radius 1 is 1.33 bits per heavy atom. The van der Waals surface area contributed by atoms with Gasteiger partial charge in [-0.25, -0.2) is 13.1 Å². The van der Waals surface area contributed by atoms with E-state index >= 15 is 0 Å². The van der Waals surface area contributed by atoms with Crippen LogP contribution in [-0.2, 0) is 16.6 Å². The molecule has 1 aliphatic rings. The number of benzene rings is 1. The van der Waals surface area contributed by atoms with Crippen molar-refractivity contribution in [1.29, 1.82) is 0 Å². The van der Waals surface area contributed by atoms with Crippen LogP contribution in [0.4, 0.5) is 0 Å². The lowest BCUT2D eigenvalue weighted by atomic mass is 9.83. The maximum absolute atomic E-state index is 12.5. The maximum Gasteiger partial charge on any atom is 0.240 e. The van der Waals surface area contributed by atoms with Gasteiger partial charge in [0.2, 0.25) is 10.0 Å². The van der Waals surface area contributed by atoms with Crippen LogP contribution in [0.1, 0.15) is 43.7 Å². The topological polar surface area (TPSA) is 66.4 Å². The van der Waals surface area contributed by atoms with E-state index in [4.69, 9.17) is 5.11 Å². The van der Waals surface area contributed by atoms with Crippen molar-refractivity contribution in [2.24, 2.45) is 11.8 Å². The minimum absolute atomic E-state index is 0.150. The SMILES string of the molecule is Cc1ccc(CO)cc1S(=O)(=O)NCC1CCCC(C)C1. The van der Waals surface area contributed by atoms with Gasteiger partial charge in [-0.15, -0.1) is 0 Å². The molecule has 2 atom stereocenters. The molecule has 1 aliphatic carbocycles. The number of hydrogen-bond acceptors (Lipinski definition) is 3. The Morgan fingerprint density at radius 2 is 2.10 bits per heavy atom. The third kappa shape index (κ3) is 4.28. The summed E-state index contributed by atoms with van der Waals surface area (Å²) in [5, 5.41) is 9.17. The highest BCUT2D eigenvalue weighted by Crippen LogP contribution is 2.28. The molecule has 0 amide bonds. The zero-order valence-corrected chi connectivity index (χ0v) is 13.6. The molecule has 0 bridgehead atoms. The summed E-state index contributed by atoms with van der Waals surface area (Å²) in [6, 6.07) is 5.04.